The quantitative estimate of drug-likeness (QED) is 0.718. The van der Waals surface area contributed by atoms with Gasteiger partial charge < -0.3 is 15.5 Å². The molecule has 2 amide bonds. The topological polar surface area (TPSA) is 98.1 Å². The van der Waals surface area contributed by atoms with E-state index >= 15 is 0 Å². The summed E-state index contributed by atoms with van der Waals surface area (Å²) in [6.07, 6.45) is 1.57. The molecular formula is C22H19N5O2. The Kier molecular flexibility index (Phi) is 5.08. The molecule has 0 spiro atoms. The van der Waals surface area contributed by atoms with Crippen LogP contribution in [-0.2, 0) is 11.3 Å². The number of piperazine rings is 1. The summed E-state index contributed by atoms with van der Waals surface area (Å²) in [5.74, 6) is -0.283. The minimum atomic E-state index is -0.147. The molecular weight excluding hydrogens is 366 g/mol. The van der Waals surface area contributed by atoms with Crippen molar-refractivity contribution in [3.05, 3.63) is 71.4 Å². The van der Waals surface area contributed by atoms with Crippen LogP contribution in [0.3, 0.4) is 0 Å². The molecule has 1 fully saturated rings. The number of rotatable bonds is 4. The van der Waals surface area contributed by atoms with Crippen molar-refractivity contribution in [3.63, 3.8) is 0 Å². The Morgan fingerprint density at radius 3 is 2.76 bits per heavy atom. The summed E-state index contributed by atoms with van der Waals surface area (Å²) in [6, 6.07) is 17.1. The van der Waals surface area contributed by atoms with Crippen LogP contribution < -0.4 is 10.6 Å². The average Bonchev–Trinajstić information content (AvgIpc) is 2.77. The number of hydrogen-bond donors (Lipinski definition) is 2. The number of nitrogens with zero attached hydrogens (tertiary/aromatic N) is 3. The molecule has 2 aromatic carbocycles. The maximum Gasteiger partial charge on any atom is 0.254 e. The SMILES string of the molecule is N#Cc1cnc2ccccc2c1NCc1ccc(C(=O)N2CCNC(=O)C2)cc1. The number of aromatic nitrogens is 1. The van der Waals surface area contributed by atoms with Gasteiger partial charge in [-0.2, -0.15) is 5.26 Å². The van der Waals surface area contributed by atoms with Gasteiger partial charge in [-0.15, -0.1) is 0 Å². The fourth-order valence-corrected chi connectivity index (χ4v) is 3.37. The number of carbonyl (C=O) groups is 2. The van der Waals surface area contributed by atoms with Crippen LogP contribution in [0, 0.1) is 11.3 Å². The van der Waals surface area contributed by atoms with Gasteiger partial charge >= 0.3 is 0 Å². The molecule has 2 heterocycles. The number of anilines is 1. The molecule has 144 valence electrons. The largest absolute Gasteiger partial charge is 0.379 e. The van der Waals surface area contributed by atoms with E-state index in [0.29, 0.717) is 30.8 Å². The van der Waals surface area contributed by atoms with Crippen LogP contribution in [0.1, 0.15) is 21.5 Å². The van der Waals surface area contributed by atoms with Gasteiger partial charge in [0.15, 0.2) is 0 Å². The van der Waals surface area contributed by atoms with Crippen LogP contribution in [0.5, 0.6) is 0 Å². The number of carbonyl (C=O) groups excluding carboxylic acids is 2. The van der Waals surface area contributed by atoms with E-state index in [1.807, 2.05) is 36.4 Å². The first-order chi connectivity index (χ1) is 14.2. The number of para-hydroxylation sites is 1. The molecule has 0 saturated carbocycles. The van der Waals surface area contributed by atoms with Crippen molar-refractivity contribution in [2.24, 2.45) is 0 Å². The van der Waals surface area contributed by atoms with Crippen LogP contribution in [0.2, 0.25) is 0 Å². The first-order valence-corrected chi connectivity index (χ1v) is 9.32. The number of benzene rings is 2. The minimum Gasteiger partial charge on any atom is -0.379 e. The van der Waals surface area contributed by atoms with Gasteiger partial charge in [0.25, 0.3) is 5.91 Å². The standard InChI is InChI=1S/C22H19N5O2/c23-11-17-13-25-19-4-2-1-3-18(19)21(17)26-12-15-5-7-16(8-6-15)22(29)27-10-9-24-20(28)14-27/h1-8,13H,9-10,12,14H2,(H,24,28)(H,25,26). The van der Waals surface area contributed by atoms with Crippen LogP contribution in [-0.4, -0.2) is 41.3 Å². The van der Waals surface area contributed by atoms with E-state index in [-0.39, 0.29) is 18.4 Å². The van der Waals surface area contributed by atoms with Crippen molar-refractivity contribution in [2.45, 2.75) is 6.54 Å². The van der Waals surface area contributed by atoms with Crippen molar-refractivity contribution in [2.75, 3.05) is 25.0 Å². The second-order valence-electron chi connectivity index (χ2n) is 6.80. The van der Waals surface area contributed by atoms with Gasteiger partial charge in [-0.3, -0.25) is 14.6 Å². The van der Waals surface area contributed by atoms with Gasteiger partial charge in [0.1, 0.15) is 6.07 Å². The zero-order valence-corrected chi connectivity index (χ0v) is 15.7. The van der Waals surface area contributed by atoms with E-state index in [9.17, 15) is 14.9 Å². The van der Waals surface area contributed by atoms with Crippen molar-refractivity contribution in [1.82, 2.24) is 15.2 Å². The van der Waals surface area contributed by atoms with Gasteiger partial charge in [-0.05, 0) is 23.8 Å². The number of pyridine rings is 1. The lowest BCUT2D eigenvalue weighted by atomic mass is 10.1. The maximum absolute atomic E-state index is 12.6. The monoisotopic (exact) mass is 385 g/mol. The lowest BCUT2D eigenvalue weighted by Crippen LogP contribution is -2.49. The van der Waals surface area contributed by atoms with Crippen LogP contribution in [0.15, 0.2) is 54.7 Å². The third-order valence-corrected chi connectivity index (χ3v) is 4.89. The Labute approximate surface area is 168 Å². The molecule has 0 bridgehead atoms. The van der Waals surface area contributed by atoms with Crippen molar-refractivity contribution >= 4 is 28.4 Å². The molecule has 1 aromatic heterocycles. The van der Waals surface area contributed by atoms with Crippen molar-refractivity contribution < 1.29 is 9.59 Å². The first-order valence-electron chi connectivity index (χ1n) is 9.32. The molecule has 3 aromatic rings. The number of nitrogens with one attached hydrogen (secondary N) is 2. The Morgan fingerprint density at radius 1 is 1.21 bits per heavy atom. The van der Waals surface area contributed by atoms with E-state index in [2.05, 4.69) is 21.7 Å². The summed E-state index contributed by atoms with van der Waals surface area (Å²) in [6.45, 7) is 1.59. The second kappa shape index (κ2) is 7.98. The third kappa shape index (κ3) is 3.87. The van der Waals surface area contributed by atoms with Gasteiger partial charge in [0.05, 0.1) is 23.3 Å². The Bertz CT molecular complexity index is 1120. The van der Waals surface area contributed by atoms with Gasteiger partial charge in [-0.1, -0.05) is 30.3 Å². The highest BCUT2D eigenvalue weighted by Gasteiger charge is 2.22. The summed E-state index contributed by atoms with van der Waals surface area (Å²) in [4.78, 5) is 29.9. The molecule has 0 atom stereocenters. The lowest BCUT2D eigenvalue weighted by Gasteiger charge is -2.26. The number of hydrogen-bond acceptors (Lipinski definition) is 5. The molecule has 0 radical (unpaired) electrons. The fourth-order valence-electron chi connectivity index (χ4n) is 3.37. The number of nitriles is 1. The molecule has 1 aliphatic heterocycles. The number of fused-ring (bicyclic) bond motifs is 1. The molecule has 0 aliphatic carbocycles. The Hall–Kier alpha value is -3.92. The Balaban J connectivity index is 1.49. The first kappa shape index (κ1) is 18.4. The Morgan fingerprint density at radius 2 is 2.00 bits per heavy atom. The second-order valence-corrected chi connectivity index (χ2v) is 6.80. The smallest absolute Gasteiger partial charge is 0.254 e. The highest BCUT2D eigenvalue weighted by atomic mass is 16.2. The number of amides is 2. The zero-order chi connectivity index (χ0) is 20.2. The highest BCUT2D eigenvalue weighted by Crippen LogP contribution is 2.26. The summed E-state index contributed by atoms with van der Waals surface area (Å²) < 4.78 is 0. The predicted octanol–water partition coefficient (Wildman–Crippen LogP) is 2.29. The molecule has 7 heteroatoms. The van der Waals surface area contributed by atoms with E-state index < -0.39 is 0 Å². The normalized spacial score (nSPS) is 13.6. The van der Waals surface area contributed by atoms with Gasteiger partial charge in [-0.25, -0.2) is 0 Å². The van der Waals surface area contributed by atoms with Crippen LogP contribution in [0.4, 0.5) is 5.69 Å². The van der Waals surface area contributed by atoms with Crippen LogP contribution >= 0.6 is 0 Å². The fraction of sp³-hybridized carbons (Fsp3) is 0.182. The average molecular weight is 385 g/mol. The summed E-state index contributed by atoms with van der Waals surface area (Å²) in [5.41, 5.74) is 3.58. The lowest BCUT2D eigenvalue weighted by molar-refractivity contribution is -0.123. The minimum absolute atomic E-state index is 0.0915. The molecule has 1 saturated heterocycles. The summed E-state index contributed by atoms with van der Waals surface area (Å²) in [7, 11) is 0. The molecule has 1 aliphatic rings. The molecule has 2 N–H and O–H groups in total. The van der Waals surface area contributed by atoms with E-state index in [1.165, 1.54) is 0 Å². The highest BCUT2D eigenvalue weighted by molar-refractivity contribution is 5.97. The van der Waals surface area contributed by atoms with E-state index in [0.717, 1.165) is 22.2 Å². The molecule has 7 nitrogen and oxygen atoms in total. The summed E-state index contributed by atoms with van der Waals surface area (Å²) >= 11 is 0. The van der Waals surface area contributed by atoms with Crippen LogP contribution in [0.25, 0.3) is 10.9 Å². The van der Waals surface area contributed by atoms with Crippen molar-refractivity contribution in [1.29, 1.82) is 5.26 Å². The predicted molar refractivity (Wildman–Crippen MR) is 109 cm³/mol. The molecule has 0 unspecified atom stereocenters. The summed E-state index contributed by atoms with van der Waals surface area (Å²) in [5, 5.41) is 16.3. The van der Waals surface area contributed by atoms with E-state index in [4.69, 9.17) is 0 Å². The zero-order valence-electron chi connectivity index (χ0n) is 15.7. The van der Waals surface area contributed by atoms with Crippen molar-refractivity contribution in [3.8, 4) is 6.07 Å². The van der Waals surface area contributed by atoms with Gasteiger partial charge in [0.2, 0.25) is 5.91 Å². The van der Waals surface area contributed by atoms with Gasteiger partial charge in [0, 0.05) is 36.8 Å². The van der Waals surface area contributed by atoms with E-state index in [1.54, 1.807) is 23.2 Å². The molecule has 29 heavy (non-hydrogen) atoms. The third-order valence-electron chi connectivity index (χ3n) is 4.89. The molecule has 4 rings (SSSR count). The maximum atomic E-state index is 12.6.